The summed E-state index contributed by atoms with van der Waals surface area (Å²) in [5, 5.41) is 4.67. The topological polar surface area (TPSA) is 50.7 Å². The van der Waals surface area contributed by atoms with E-state index in [1.54, 1.807) is 11.8 Å². The second-order valence-electron chi connectivity index (χ2n) is 8.73. The number of ether oxygens (including phenoxy) is 1. The zero-order chi connectivity index (χ0) is 22.6. The Bertz CT molecular complexity index is 1060. The molecule has 0 aliphatic rings. The summed E-state index contributed by atoms with van der Waals surface area (Å²) in [4.78, 5) is 14.8. The molecule has 0 saturated carbocycles. The van der Waals surface area contributed by atoms with Crippen LogP contribution < -0.4 is 14.2 Å². The molecule has 0 atom stereocenters. The Hall–Kier alpha value is -3.41. The number of methoxy groups -OCH3 is 1. The number of Topliss-reactive ketones (excluding diaryl/α,β-unsaturated/α-hetero) is 1. The predicted molar refractivity (Wildman–Crippen MR) is 125 cm³/mol. The Balaban J connectivity index is 1.97. The fraction of sp³-hybridized carbons (Fsp3) is 0.320. The van der Waals surface area contributed by atoms with Crippen molar-refractivity contribution in [3.8, 4) is 17.1 Å². The van der Waals surface area contributed by atoms with Crippen molar-refractivity contribution in [3.63, 3.8) is 0 Å². The zero-order valence-corrected chi connectivity index (χ0v) is 19.2. The van der Waals surface area contributed by atoms with Gasteiger partial charge in [0, 0.05) is 25.2 Å². The maximum atomic E-state index is 12.7. The van der Waals surface area contributed by atoms with E-state index in [0.29, 0.717) is 0 Å². The summed E-state index contributed by atoms with van der Waals surface area (Å²) >= 11 is 0. The van der Waals surface area contributed by atoms with Gasteiger partial charge in [0.1, 0.15) is 18.5 Å². The molecule has 6 nitrogen and oxygen atoms in total. The smallest absolute Gasteiger partial charge is 0.314 e. The molecule has 31 heavy (non-hydrogen) atoms. The molecule has 0 aliphatic carbocycles. The second-order valence-corrected chi connectivity index (χ2v) is 8.73. The number of anilines is 1. The Kier molecular flexibility index (Phi) is 6.59. The molecule has 0 aliphatic heterocycles. The predicted octanol–water partition coefficient (Wildman–Crippen LogP) is 4.01. The van der Waals surface area contributed by atoms with Crippen LogP contribution >= 0.6 is 0 Å². The van der Waals surface area contributed by atoms with Gasteiger partial charge in [-0.15, -0.1) is 4.68 Å². The fourth-order valence-corrected chi connectivity index (χ4v) is 3.05. The lowest BCUT2D eigenvalue weighted by molar-refractivity contribution is -0.673. The van der Waals surface area contributed by atoms with Crippen molar-refractivity contribution in [3.05, 3.63) is 66.5 Å². The summed E-state index contributed by atoms with van der Waals surface area (Å²) in [6.07, 6.45) is 5.60. The standard InChI is InChI=1S/C25H31N4O2/c1-25(2,3)23(30)18-28-15-16-29(24(28)20-9-13-22(31-6)14-10-20)26-17-19-7-11-21(12-8-19)27(4)5/h7-17H,18H2,1-6H3/q+1. The number of aromatic nitrogens is 2. The summed E-state index contributed by atoms with van der Waals surface area (Å²) in [6, 6.07) is 16.0. The molecule has 3 aromatic rings. The Labute approximate surface area is 184 Å². The van der Waals surface area contributed by atoms with Crippen molar-refractivity contribution in [1.82, 2.24) is 4.68 Å². The third-order valence-corrected chi connectivity index (χ3v) is 5.12. The van der Waals surface area contributed by atoms with E-state index in [0.717, 1.165) is 28.4 Å². The van der Waals surface area contributed by atoms with Gasteiger partial charge < -0.3 is 9.64 Å². The summed E-state index contributed by atoms with van der Waals surface area (Å²) in [7, 11) is 5.68. The van der Waals surface area contributed by atoms with Gasteiger partial charge in [-0.05, 0) is 42.0 Å². The number of nitrogens with zero attached hydrogens (tertiary/aromatic N) is 4. The third kappa shape index (κ3) is 5.40. The van der Waals surface area contributed by atoms with E-state index in [-0.39, 0.29) is 12.3 Å². The van der Waals surface area contributed by atoms with Crippen LogP contribution in [0.2, 0.25) is 0 Å². The number of rotatable bonds is 7. The van der Waals surface area contributed by atoms with E-state index < -0.39 is 5.41 Å². The molecule has 1 heterocycles. The van der Waals surface area contributed by atoms with Crippen LogP contribution in [0.4, 0.5) is 5.69 Å². The summed E-state index contributed by atoms with van der Waals surface area (Å²) in [5.41, 5.74) is 2.67. The number of hydrogen-bond acceptors (Lipinski definition) is 4. The first-order valence-electron chi connectivity index (χ1n) is 10.3. The van der Waals surface area contributed by atoms with Gasteiger partial charge in [-0.1, -0.05) is 38.0 Å². The van der Waals surface area contributed by atoms with Crippen molar-refractivity contribution in [1.29, 1.82) is 0 Å². The lowest BCUT2D eigenvalue weighted by Gasteiger charge is -2.15. The highest BCUT2D eigenvalue weighted by Crippen LogP contribution is 2.21. The van der Waals surface area contributed by atoms with Crippen LogP contribution in [-0.4, -0.2) is 37.9 Å². The number of carbonyl (C=O) groups excluding carboxylic acids is 1. The maximum absolute atomic E-state index is 12.7. The number of hydrogen-bond donors (Lipinski definition) is 0. The van der Waals surface area contributed by atoms with Gasteiger partial charge in [0.25, 0.3) is 0 Å². The molecule has 162 valence electrons. The van der Waals surface area contributed by atoms with E-state index in [1.807, 2.05) is 94.4 Å². The Morgan fingerprint density at radius 2 is 1.74 bits per heavy atom. The monoisotopic (exact) mass is 419 g/mol. The molecule has 3 rings (SSSR count). The van der Waals surface area contributed by atoms with E-state index in [2.05, 4.69) is 22.1 Å². The molecular formula is C25H31N4O2+. The number of benzene rings is 2. The molecule has 0 spiro atoms. The second kappa shape index (κ2) is 9.16. The highest BCUT2D eigenvalue weighted by molar-refractivity contribution is 5.82. The Morgan fingerprint density at radius 3 is 2.29 bits per heavy atom. The van der Waals surface area contributed by atoms with Crippen molar-refractivity contribution in [2.45, 2.75) is 27.3 Å². The molecule has 0 radical (unpaired) electrons. The van der Waals surface area contributed by atoms with Crippen molar-refractivity contribution >= 4 is 17.7 Å². The maximum Gasteiger partial charge on any atom is 0.314 e. The fourth-order valence-electron chi connectivity index (χ4n) is 3.05. The first kappa shape index (κ1) is 22.3. The summed E-state index contributed by atoms with van der Waals surface area (Å²) in [6.45, 7) is 6.10. The molecule has 2 aromatic carbocycles. The molecule has 1 aromatic heterocycles. The average Bonchev–Trinajstić information content (AvgIpc) is 3.14. The van der Waals surface area contributed by atoms with Crippen LogP contribution in [0, 0.1) is 5.41 Å². The third-order valence-electron chi connectivity index (χ3n) is 5.12. The van der Waals surface area contributed by atoms with Crippen LogP contribution in [0.25, 0.3) is 11.4 Å². The summed E-state index contributed by atoms with van der Waals surface area (Å²) < 4.78 is 9.04. The normalized spacial score (nSPS) is 11.7. The minimum absolute atomic E-state index is 0.160. The van der Waals surface area contributed by atoms with E-state index in [4.69, 9.17) is 4.74 Å². The molecule has 0 N–H and O–H groups in total. The SMILES string of the molecule is COc1ccc(-c2n(N=Cc3ccc(N(C)C)cc3)cc[n+]2CC(=O)C(C)(C)C)cc1. The molecule has 0 amide bonds. The van der Waals surface area contributed by atoms with Crippen molar-refractivity contribution in [2.75, 3.05) is 26.1 Å². The van der Waals surface area contributed by atoms with Gasteiger partial charge in [0.15, 0.2) is 12.0 Å². The molecule has 0 fully saturated rings. The lowest BCUT2D eigenvalue weighted by Crippen LogP contribution is -2.42. The highest BCUT2D eigenvalue weighted by atomic mass is 16.5. The average molecular weight is 420 g/mol. The quantitative estimate of drug-likeness (QED) is 0.429. The van der Waals surface area contributed by atoms with E-state index in [9.17, 15) is 4.79 Å². The van der Waals surface area contributed by atoms with E-state index >= 15 is 0 Å². The van der Waals surface area contributed by atoms with Crippen LogP contribution in [0.5, 0.6) is 5.75 Å². The van der Waals surface area contributed by atoms with Gasteiger partial charge in [-0.25, -0.2) is 4.57 Å². The van der Waals surface area contributed by atoms with Crippen LogP contribution in [0.1, 0.15) is 26.3 Å². The minimum atomic E-state index is -0.413. The van der Waals surface area contributed by atoms with Crippen molar-refractivity contribution < 1.29 is 14.1 Å². The Morgan fingerprint density at radius 1 is 1.10 bits per heavy atom. The minimum Gasteiger partial charge on any atom is -0.497 e. The molecular weight excluding hydrogens is 388 g/mol. The number of ketones is 1. The zero-order valence-electron chi connectivity index (χ0n) is 19.2. The van der Waals surface area contributed by atoms with Crippen LogP contribution in [0.3, 0.4) is 0 Å². The first-order valence-corrected chi connectivity index (χ1v) is 10.3. The number of imidazole rings is 1. The molecule has 6 heteroatoms. The van der Waals surface area contributed by atoms with Crippen molar-refractivity contribution in [2.24, 2.45) is 10.5 Å². The first-order chi connectivity index (χ1) is 14.7. The molecule has 0 saturated heterocycles. The van der Waals surface area contributed by atoms with Gasteiger partial charge in [-0.2, -0.15) is 0 Å². The molecule has 0 bridgehead atoms. The van der Waals surface area contributed by atoms with Gasteiger partial charge in [-0.3, -0.25) is 4.79 Å². The number of carbonyl (C=O) groups is 1. The largest absolute Gasteiger partial charge is 0.497 e. The van der Waals surface area contributed by atoms with Gasteiger partial charge >= 0.3 is 5.82 Å². The summed E-state index contributed by atoms with van der Waals surface area (Å²) in [5.74, 6) is 1.78. The van der Waals surface area contributed by atoms with Gasteiger partial charge in [0.05, 0.1) is 18.9 Å². The van der Waals surface area contributed by atoms with Crippen LogP contribution in [-0.2, 0) is 11.3 Å². The van der Waals surface area contributed by atoms with E-state index in [1.165, 1.54) is 0 Å². The highest BCUT2D eigenvalue weighted by Gasteiger charge is 2.27. The van der Waals surface area contributed by atoms with Gasteiger partial charge in [0.2, 0.25) is 0 Å². The lowest BCUT2D eigenvalue weighted by atomic mass is 9.91. The van der Waals surface area contributed by atoms with Crippen LogP contribution in [0.15, 0.2) is 66.0 Å². The molecule has 0 unspecified atom stereocenters.